The van der Waals surface area contributed by atoms with Crippen molar-refractivity contribution >= 4 is 37.3 Å². The van der Waals surface area contributed by atoms with Crippen molar-refractivity contribution in [3.05, 3.63) is 14.7 Å². The Kier molecular flexibility index (Phi) is 4.69. The Hall–Kier alpha value is 0.01000. The first-order valence-corrected chi connectivity index (χ1v) is 9.03. The summed E-state index contributed by atoms with van der Waals surface area (Å²) in [5, 5.41) is 0. The van der Waals surface area contributed by atoms with Gasteiger partial charge in [-0.15, -0.1) is 11.3 Å². The highest BCUT2D eigenvalue weighted by atomic mass is 79.9. The van der Waals surface area contributed by atoms with E-state index in [1.54, 1.807) is 6.07 Å². The van der Waals surface area contributed by atoms with Gasteiger partial charge in [-0.25, -0.2) is 8.42 Å². The van der Waals surface area contributed by atoms with E-state index in [2.05, 4.69) is 15.9 Å². The number of nitrogens with two attached hydrogens (primary N) is 1. The molecule has 0 radical (unpaired) electrons. The number of hydrogen-bond donors (Lipinski definition) is 1. The molecule has 1 aliphatic heterocycles. The zero-order chi connectivity index (χ0) is 14.2. The summed E-state index contributed by atoms with van der Waals surface area (Å²) < 4.78 is 33.0. The SMILES string of the molecule is CC1CN(S(=O)(=O)c2cc(CN)sc2Br)C(C)CO1. The summed E-state index contributed by atoms with van der Waals surface area (Å²) in [5.74, 6) is 0. The Morgan fingerprint density at radius 1 is 1.58 bits per heavy atom. The maximum absolute atomic E-state index is 12.7. The van der Waals surface area contributed by atoms with Gasteiger partial charge in [-0.05, 0) is 35.8 Å². The molecule has 0 saturated carbocycles. The van der Waals surface area contributed by atoms with Crippen molar-refractivity contribution in [2.75, 3.05) is 13.2 Å². The van der Waals surface area contributed by atoms with Crippen LogP contribution in [0.2, 0.25) is 0 Å². The minimum Gasteiger partial charge on any atom is -0.375 e. The summed E-state index contributed by atoms with van der Waals surface area (Å²) in [5.41, 5.74) is 5.56. The zero-order valence-corrected chi connectivity index (χ0v) is 14.0. The highest BCUT2D eigenvalue weighted by molar-refractivity contribution is 9.11. The fourth-order valence-electron chi connectivity index (χ4n) is 2.01. The van der Waals surface area contributed by atoms with Crippen LogP contribution >= 0.6 is 27.3 Å². The van der Waals surface area contributed by atoms with Gasteiger partial charge in [0.15, 0.2) is 0 Å². The second kappa shape index (κ2) is 5.79. The molecule has 2 atom stereocenters. The Bertz CT molecular complexity index is 558. The third-order valence-corrected chi connectivity index (χ3v) is 7.30. The molecule has 8 heteroatoms. The van der Waals surface area contributed by atoms with Crippen molar-refractivity contribution in [2.24, 2.45) is 5.73 Å². The van der Waals surface area contributed by atoms with Gasteiger partial charge in [-0.3, -0.25) is 0 Å². The van der Waals surface area contributed by atoms with Crippen LogP contribution in [-0.4, -0.2) is 38.0 Å². The van der Waals surface area contributed by atoms with Gasteiger partial charge >= 0.3 is 0 Å². The lowest BCUT2D eigenvalue weighted by molar-refractivity contribution is -0.0170. The molecule has 0 spiro atoms. The molecule has 19 heavy (non-hydrogen) atoms. The van der Waals surface area contributed by atoms with Crippen LogP contribution in [0.15, 0.2) is 14.7 Å². The highest BCUT2D eigenvalue weighted by Gasteiger charge is 2.35. The van der Waals surface area contributed by atoms with E-state index in [1.807, 2.05) is 13.8 Å². The van der Waals surface area contributed by atoms with Crippen LogP contribution in [0, 0.1) is 0 Å². The Labute approximate surface area is 125 Å². The average molecular weight is 369 g/mol. The van der Waals surface area contributed by atoms with Crippen molar-refractivity contribution in [2.45, 2.75) is 37.4 Å². The molecule has 0 aromatic carbocycles. The first kappa shape index (κ1) is 15.4. The highest BCUT2D eigenvalue weighted by Crippen LogP contribution is 2.34. The maximum atomic E-state index is 12.7. The molecule has 0 amide bonds. The summed E-state index contributed by atoms with van der Waals surface area (Å²) in [4.78, 5) is 1.15. The molecule has 2 N–H and O–H groups in total. The van der Waals surface area contributed by atoms with E-state index in [9.17, 15) is 8.42 Å². The topological polar surface area (TPSA) is 72.6 Å². The number of ether oxygens (including phenoxy) is 1. The summed E-state index contributed by atoms with van der Waals surface area (Å²) in [6, 6.07) is 1.49. The van der Waals surface area contributed by atoms with Gasteiger partial charge in [0.1, 0.15) is 4.90 Å². The number of sulfonamides is 1. The quantitative estimate of drug-likeness (QED) is 0.882. The third kappa shape index (κ3) is 3.03. The lowest BCUT2D eigenvalue weighted by Crippen LogP contribution is -2.50. The summed E-state index contributed by atoms with van der Waals surface area (Å²) >= 11 is 4.68. The predicted molar refractivity (Wildman–Crippen MR) is 78.7 cm³/mol. The second-order valence-corrected chi connectivity index (χ2v) is 8.94. The summed E-state index contributed by atoms with van der Waals surface area (Å²) in [6.07, 6.45) is -0.0858. The molecule has 2 heterocycles. The minimum atomic E-state index is -3.50. The van der Waals surface area contributed by atoms with Gasteiger partial charge < -0.3 is 10.5 Å². The second-order valence-electron chi connectivity index (χ2n) is 4.62. The normalized spacial score (nSPS) is 25.7. The lowest BCUT2D eigenvalue weighted by atomic mass is 10.2. The fraction of sp³-hybridized carbons (Fsp3) is 0.636. The Morgan fingerprint density at radius 3 is 2.84 bits per heavy atom. The lowest BCUT2D eigenvalue weighted by Gasteiger charge is -2.35. The zero-order valence-electron chi connectivity index (χ0n) is 10.8. The van der Waals surface area contributed by atoms with Gasteiger partial charge in [0, 0.05) is 24.0 Å². The van der Waals surface area contributed by atoms with Crippen molar-refractivity contribution in [3.8, 4) is 0 Å². The Morgan fingerprint density at radius 2 is 2.26 bits per heavy atom. The number of morpholine rings is 1. The fourth-order valence-corrected chi connectivity index (χ4v) is 6.21. The molecule has 1 aliphatic rings. The van der Waals surface area contributed by atoms with Crippen LogP contribution in [0.3, 0.4) is 0 Å². The molecule has 1 aromatic heterocycles. The van der Waals surface area contributed by atoms with Crippen LogP contribution in [0.1, 0.15) is 18.7 Å². The summed E-state index contributed by atoms with van der Waals surface area (Å²) in [6.45, 7) is 4.87. The van der Waals surface area contributed by atoms with Gasteiger partial charge in [-0.2, -0.15) is 4.31 Å². The molecule has 2 unspecified atom stereocenters. The minimum absolute atomic E-state index is 0.0858. The number of halogens is 1. The number of hydrogen-bond acceptors (Lipinski definition) is 5. The molecular weight excluding hydrogens is 352 g/mol. The van der Waals surface area contributed by atoms with Crippen molar-refractivity contribution in [3.63, 3.8) is 0 Å². The van der Waals surface area contributed by atoms with Crippen LogP contribution in [0.4, 0.5) is 0 Å². The van der Waals surface area contributed by atoms with Gasteiger partial charge in [0.2, 0.25) is 10.0 Å². The number of nitrogens with zero attached hydrogens (tertiary/aromatic N) is 1. The van der Waals surface area contributed by atoms with Gasteiger partial charge in [-0.1, -0.05) is 0 Å². The third-order valence-electron chi connectivity index (χ3n) is 3.04. The van der Waals surface area contributed by atoms with Crippen LogP contribution in [0.25, 0.3) is 0 Å². The maximum Gasteiger partial charge on any atom is 0.245 e. The average Bonchev–Trinajstić information content (AvgIpc) is 2.74. The first-order valence-electron chi connectivity index (χ1n) is 5.98. The van der Waals surface area contributed by atoms with Gasteiger partial charge in [0.05, 0.1) is 16.5 Å². The molecule has 0 aliphatic carbocycles. The largest absolute Gasteiger partial charge is 0.375 e. The van der Waals surface area contributed by atoms with E-state index in [4.69, 9.17) is 10.5 Å². The number of thiophene rings is 1. The van der Waals surface area contributed by atoms with E-state index >= 15 is 0 Å². The van der Waals surface area contributed by atoms with E-state index < -0.39 is 10.0 Å². The van der Waals surface area contributed by atoms with Crippen molar-refractivity contribution < 1.29 is 13.2 Å². The Balaban J connectivity index is 2.37. The smallest absolute Gasteiger partial charge is 0.245 e. The first-order chi connectivity index (χ1) is 8.86. The molecule has 1 aromatic rings. The molecule has 2 rings (SSSR count). The standard InChI is InChI=1S/C11H17BrN2O3S2/c1-7-6-17-8(2)5-14(7)19(15,16)10-3-9(4-13)18-11(10)12/h3,7-8H,4-6,13H2,1-2H3. The molecule has 5 nitrogen and oxygen atoms in total. The van der Waals surface area contributed by atoms with Gasteiger partial charge in [0.25, 0.3) is 0 Å². The molecule has 108 valence electrons. The van der Waals surface area contributed by atoms with E-state index in [-0.39, 0.29) is 12.1 Å². The molecular formula is C11H17BrN2O3S2. The van der Waals surface area contributed by atoms with E-state index in [0.717, 1.165) is 4.88 Å². The predicted octanol–water partition coefficient (Wildman–Crippen LogP) is 1.77. The monoisotopic (exact) mass is 368 g/mol. The summed E-state index contributed by atoms with van der Waals surface area (Å²) in [7, 11) is -3.50. The van der Waals surface area contributed by atoms with Crippen molar-refractivity contribution in [1.29, 1.82) is 0 Å². The van der Waals surface area contributed by atoms with Crippen molar-refractivity contribution in [1.82, 2.24) is 4.31 Å². The number of rotatable bonds is 3. The van der Waals surface area contributed by atoms with Crippen LogP contribution < -0.4 is 5.73 Å². The van der Waals surface area contributed by atoms with Crippen LogP contribution in [-0.2, 0) is 21.3 Å². The molecule has 0 bridgehead atoms. The molecule has 1 saturated heterocycles. The van der Waals surface area contributed by atoms with Crippen LogP contribution in [0.5, 0.6) is 0 Å². The molecule has 1 fully saturated rings. The van der Waals surface area contributed by atoms with E-state index in [1.165, 1.54) is 15.6 Å². The van der Waals surface area contributed by atoms with E-state index in [0.29, 0.717) is 28.4 Å².